The van der Waals surface area contributed by atoms with Crippen molar-refractivity contribution in [2.24, 2.45) is 0 Å². The van der Waals surface area contributed by atoms with Gasteiger partial charge in [-0.25, -0.2) is 4.39 Å². The minimum atomic E-state index is -0.270. The second-order valence-corrected chi connectivity index (χ2v) is 8.14. The number of halogens is 1. The number of benzene rings is 2. The zero-order valence-corrected chi connectivity index (χ0v) is 16.0. The first-order valence-corrected chi connectivity index (χ1v) is 10.3. The smallest absolute Gasteiger partial charge is 0.228 e. The van der Waals surface area contributed by atoms with Crippen LogP contribution in [0.5, 0.6) is 0 Å². The molecule has 0 aliphatic carbocycles. The van der Waals surface area contributed by atoms with Crippen molar-refractivity contribution in [3.8, 4) is 0 Å². The molecule has 3 heterocycles. The quantitative estimate of drug-likeness (QED) is 0.520. The van der Waals surface area contributed by atoms with E-state index in [1.807, 2.05) is 34.5 Å². The van der Waals surface area contributed by atoms with E-state index in [0.29, 0.717) is 13.0 Å². The van der Waals surface area contributed by atoms with Crippen LogP contribution in [0.25, 0.3) is 10.9 Å². The average molecular weight is 390 g/mol. The molecule has 0 radical (unpaired) electrons. The lowest BCUT2D eigenvalue weighted by atomic mass is 9.92. The fourth-order valence-corrected chi connectivity index (χ4v) is 4.86. The molecule has 0 fully saturated rings. The average Bonchev–Trinajstić information content (AvgIpc) is 3.35. The van der Waals surface area contributed by atoms with Crippen LogP contribution in [-0.2, 0) is 17.6 Å². The summed E-state index contributed by atoms with van der Waals surface area (Å²) in [6, 6.07) is 18.5. The number of rotatable bonds is 3. The van der Waals surface area contributed by atoms with Gasteiger partial charge in [0.2, 0.25) is 5.91 Å². The molecule has 1 N–H and O–H groups in total. The number of aromatic amines is 1. The second kappa shape index (κ2) is 6.91. The summed E-state index contributed by atoms with van der Waals surface area (Å²) < 4.78 is 13.5. The van der Waals surface area contributed by atoms with Crippen molar-refractivity contribution < 1.29 is 9.18 Å². The maximum atomic E-state index is 13.5. The first kappa shape index (κ1) is 17.2. The molecule has 1 aliphatic heterocycles. The standard InChI is InChI=1S/C23H19FN2OS/c24-16-9-7-15(8-10-16)23-22-19(18-5-1-2-6-20(18)25-22)11-12-26(23)21(27)14-17-4-3-13-28-17/h1-10,13,23,25H,11-12,14H2. The van der Waals surface area contributed by atoms with Gasteiger partial charge in [-0.05, 0) is 47.2 Å². The van der Waals surface area contributed by atoms with Gasteiger partial charge in [0.05, 0.1) is 12.5 Å². The normalized spacial score (nSPS) is 16.3. The Bertz CT molecular complexity index is 1130. The largest absolute Gasteiger partial charge is 0.356 e. The lowest BCUT2D eigenvalue weighted by molar-refractivity contribution is -0.132. The number of carbonyl (C=O) groups is 1. The van der Waals surface area contributed by atoms with Crippen molar-refractivity contribution in [2.75, 3.05) is 6.54 Å². The number of thiophene rings is 1. The monoisotopic (exact) mass is 390 g/mol. The van der Waals surface area contributed by atoms with Crippen LogP contribution >= 0.6 is 11.3 Å². The number of aromatic nitrogens is 1. The molecule has 0 bridgehead atoms. The highest BCUT2D eigenvalue weighted by molar-refractivity contribution is 7.10. The lowest BCUT2D eigenvalue weighted by Crippen LogP contribution is -2.41. The van der Waals surface area contributed by atoms with Gasteiger partial charge in [-0.15, -0.1) is 11.3 Å². The van der Waals surface area contributed by atoms with Crippen LogP contribution < -0.4 is 0 Å². The van der Waals surface area contributed by atoms with Gasteiger partial charge in [-0.2, -0.15) is 0 Å². The number of para-hydroxylation sites is 1. The number of H-pyrrole nitrogens is 1. The highest BCUT2D eigenvalue weighted by atomic mass is 32.1. The van der Waals surface area contributed by atoms with Gasteiger partial charge in [0.15, 0.2) is 0 Å². The highest BCUT2D eigenvalue weighted by Gasteiger charge is 2.34. The molecule has 4 aromatic rings. The van der Waals surface area contributed by atoms with E-state index in [1.54, 1.807) is 23.5 Å². The third kappa shape index (κ3) is 2.92. The predicted molar refractivity (Wildman–Crippen MR) is 110 cm³/mol. The summed E-state index contributed by atoms with van der Waals surface area (Å²) in [4.78, 5) is 19.7. The molecule has 0 saturated heterocycles. The predicted octanol–water partition coefficient (Wildman–Crippen LogP) is 5.09. The maximum Gasteiger partial charge on any atom is 0.228 e. The van der Waals surface area contributed by atoms with E-state index in [1.165, 1.54) is 23.1 Å². The third-order valence-electron chi connectivity index (χ3n) is 5.45. The van der Waals surface area contributed by atoms with E-state index in [-0.39, 0.29) is 17.8 Å². The number of nitrogens with one attached hydrogen (secondary N) is 1. The van der Waals surface area contributed by atoms with Crippen molar-refractivity contribution >= 4 is 28.1 Å². The fraction of sp³-hybridized carbons (Fsp3) is 0.174. The molecule has 5 rings (SSSR count). The Kier molecular flexibility index (Phi) is 4.24. The Morgan fingerprint density at radius 2 is 1.93 bits per heavy atom. The molecule has 1 atom stereocenters. The van der Waals surface area contributed by atoms with E-state index in [2.05, 4.69) is 17.1 Å². The van der Waals surface area contributed by atoms with Crippen LogP contribution in [-0.4, -0.2) is 22.3 Å². The molecular weight excluding hydrogens is 371 g/mol. The summed E-state index contributed by atoms with van der Waals surface area (Å²) in [5.74, 6) is -0.172. The van der Waals surface area contributed by atoms with Crippen LogP contribution in [0.2, 0.25) is 0 Å². The van der Waals surface area contributed by atoms with Gasteiger partial charge in [0.1, 0.15) is 5.82 Å². The number of nitrogens with zero attached hydrogens (tertiary/aromatic N) is 1. The van der Waals surface area contributed by atoms with E-state index in [4.69, 9.17) is 0 Å². The molecular formula is C23H19FN2OS. The highest BCUT2D eigenvalue weighted by Crippen LogP contribution is 2.38. The van der Waals surface area contributed by atoms with E-state index in [0.717, 1.165) is 28.1 Å². The lowest BCUT2D eigenvalue weighted by Gasteiger charge is -2.36. The molecule has 3 nitrogen and oxygen atoms in total. The molecule has 1 unspecified atom stereocenters. The van der Waals surface area contributed by atoms with Gasteiger partial charge in [0.25, 0.3) is 0 Å². The van der Waals surface area contributed by atoms with Crippen LogP contribution in [0.3, 0.4) is 0 Å². The van der Waals surface area contributed by atoms with E-state index in [9.17, 15) is 9.18 Å². The second-order valence-electron chi connectivity index (χ2n) is 7.11. The minimum Gasteiger partial charge on any atom is -0.356 e. The Labute approximate surface area is 166 Å². The van der Waals surface area contributed by atoms with Crippen LogP contribution in [0.4, 0.5) is 4.39 Å². The first-order chi connectivity index (χ1) is 13.7. The Hall–Kier alpha value is -2.92. The Balaban J connectivity index is 1.60. The molecule has 140 valence electrons. The zero-order chi connectivity index (χ0) is 19.1. The van der Waals surface area contributed by atoms with Crippen molar-refractivity contribution in [3.63, 3.8) is 0 Å². The van der Waals surface area contributed by atoms with Gasteiger partial charge in [0, 0.05) is 28.0 Å². The number of hydrogen-bond donors (Lipinski definition) is 1. The molecule has 0 saturated carbocycles. The van der Waals surface area contributed by atoms with Crippen molar-refractivity contribution in [3.05, 3.63) is 93.6 Å². The van der Waals surface area contributed by atoms with Crippen LogP contribution in [0.15, 0.2) is 66.0 Å². The number of fused-ring (bicyclic) bond motifs is 3. The van der Waals surface area contributed by atoms with Crippen LogP contribution in [0, 0.1) is 5.82 Å². The van der Waals surface area contributed by atoms with Gasteiger partial charge < -0.3 is 9.88 Å². The van der Waals surface area contributed by atoms with Crippen molar-refractivity contribution in [1.82, 2.24) is 9.88 Å². The summed E-state index contributed by atoms with van der Waals surface area (Å²) in [5, 5.41) is 3.20. The summed E-state index contributed by atoms with van der Waals surface area (Å²) >= 11 is 1.60. The molecule has 0 spiro atoms. The summed E-state index contributed by atoms with van der Waals surface area (Å²) in [6.45, 7) is 0.654. The van der Waals surface area contributed by atoms with E-state index >= 15 is 0 Å². The van der Waals surface area contributed by atoms with Gasteiger partial charge in [-0.1, -0.05) is 36.4 Å². The molecule has 2 aromatic carbocycles. The van der Waals surface area contributed by atoms with Crippen molar-refractivity contribution in [1.29, 1.82) is 0 Å². The SMILES string of the molecule is O=C(Cc1cccs1)N1CCc2c([nH]c3ccccc23)C1c1ccc(F)cc1. The topological polar surface area (TPSA) is 36.1 Å². The first-order valence-electron chi connectivity index (χ1n) is 9.37. The molecule has 28 heavy (non-hydrogen) atoms. The van der Waals surface area contributed by atoms with Gasteiger partial charge in [-0.3, -0.25) is 4.79 Å². The number of carbonyl (C=O) groups excluding carboxylic acids is 1. The molecule has 2 aromatic heterocycles. The third-order valence-corrected chi connectivity index (χ3v) is 6.32. The number of amides is 1. The fourth-order valence-electron chi connectivity index (χ4n) is 4.16. The van der Waals surface area contributed by atoms with Crippen LogP contribution in [0.1, 0.15) is 27.7 Å². The zero-order valence-electron chi connectivity index (χ0n) is 15.2. The maximum absolute atomic E-state index is 13.5. The molecule has 1 amide bonds. The van der Waals surface area contributed by atoms with Crippen molar-refractivity contribution in [2.45, 2.75) is 18.9 Å². The Morgan fingerprint density at radius 1 is 1.11 bits per heavy atom. The number of hydrogen-bond acceptors (Lipinski definition) is 2. The minimum absolute atomic E-state index is 0.0982. The summed E-state index contributed by atoms with van der Waals surface area (Å²) in [7, 11) is 0. The summed E-state index contributed by atoms with van der Waals surface area (Å²) in [6.07, 6.45) is 1.21. The van der Waals surface area contributed by atoms with Gasteiger partial charge >= 0.3 is 0 Å². The van der Waals surface area contributed by atoms with E-state index < -0.39 is 0 Å². The molecule has 1 aliphatic rings. The molecule has 5 heteroatoms. The Morgan fingerprint density at radius 3 is 2.71 bits per heavy atom. The summed E-state index contributed by atoms with van der Waals surface area (Å²) in [5.41, 5.74) is 4.30.